The maximum absolute atomic E-state index is 14.7. The van der Waals surface area contributed by atoms with Crippen LogP contribution in [0.25, 0.3) is 11.3 Å². The van der Waals surface area contributed by atoms with Crippen LogP contribution in [0.2, 0.25) is 5.02 Å². The molecule has 234 valence electrons. The lowest BCUT2D eigenvalue weighted by Gasteiger charge is -2.26. The molecule has 0 bridgehead atoms. The Labute approximate surface area is 284 Å². The van der Waals surface area contributed by atoms with Crippen LogP contribution in [0.3, 0.4) is 0 Å². The zero-order chi connectivity index (χ0) is 32.7. The van der Waals surface area contributed by atoms with Gasteiger partial charge in [0.1, 0.15) is 4.53 Å². The zero-order valence-electron chi connectivity index (χ0n) is 25.5. The van der Waals surface area contributed by atoms with Crippen LogP contribution in [0, 0.1) is 0 Å². The third-order valence-corrected chi connectivity index (χ3v) is 10.4. The smallest absolute Gasteiger partial charge is 0.338 e. The highest BCUT2D eigenvalue weighted by Gasteiger charge is 2.38. The molecule has 0 spiro atoms. The maximum Gasteiger partial charge on any atom is 0.338 e. The average molecular weight is 678 g/mol. The number of nitrogens with zero attached hydrogens (tertiary/aromatic N) is 3. The molecule has 0 N–H and O–H groups in total. The molecule has 2 aliphatic rings. The molecule has 3 heterocycles. The molecule has 1 atom stereocenters. The van der Waals surface area contributed by atoms with Crippen molar-refractivity contribution in [2.24, 2.45) is 4.99 Å². The lowest BCUT2D eigenvalue weighted by atomic mass is 9.93. The van der Waals surface area contributed by atoms with E-state index in [0.717, 1.165) is 32.9 Å². The number of halogens is 1. The van der Waals surface area contributed by atoms with Crippen LogP contribution < -0.4 is 19.8 Å². The average Bonchev–Trinajstić information content (AvgIpc) is 3.57. The number of para-hydroxylation sites is 1. The number of carbonyl (C=O) groups is 2. The van der Waals surface area contributed by atoms with E-state index < -0.39 is 17.6 Å². The molecule has 0 radical (unpaired) electrons. The Morgan fingerprint density at radius 3 is 2.36 bits per heavy atom. The van der Waals surface area contributed by atoms with Crippen molar-refractivity contribution in [1.29, 1.82) is 0 Å². The Hall–Kier alpha value is -4.70. The minimum absolute atomic E-state index is 0.156. The molecule has 2 aliphatic heterocycles. The molecule has 1 aromatic heterocycles. The molecule has 0 saturated heterocycles. The summed E-state index contributed by atoms with van der Waals surface area (Å²) in [4.78, 5) is 50.8. The van der Waals surface area contributed by atoms with E-state index in [1.165, 1.54) is 4.57 Å². The number of thioether (sulfide) groups is 1. The lowest BCUT2D eigenvalue weighted by Crippen LogP contribution is -2.41. The summed E-state index contributed by atoms with van der Waals surface area (Å²) in [6.07, 6.45) is 1.99. The van der Waals surface area contributed by atoms with Crippen LogP contribution in [0.1, 0.15) is 35.2 Å². The molecule has 0 aliphatic carbocycles. The standard InChI is InChI=1S/C37H28ClN3O4S2/c1-3-45-36(44)30-31(22-11-5-4-6-12-22)39-37-41(32(30)23-17-19-25(46-2)20-18-23)35(43)33(47-37)29-26-14-8-10-16-28(26)40(34(29)42)21-24-13-7-9-15-27(24)38/h4-20,32H,3,21H2,1-2H3/b33-29+/t32-/m1/s1. The zero-order valence-corrected chi connectivity index (χ0v) is 27.9. The fourth-order valence-electron chi connectivity index (χ4n) is 6.05. The van der Waals surface area contributed by atoms with Gasteiger partial charge in [-0.25, -0.2) is 9.79 Å². The van der Waals surface area contributed by atoms with Crippen LogP contribution in [0.15, 0.2) is 123 Å². The number of rotatable bonds is 7. The van der Waals surface area contributed by atoms with Crippen LogP contribution in [-0.4, -0.2) is 29.3 Å². The van der Waals surface area contributed by atoms with Gasteiger partial charge in [0.15, 0.2) is 4.80 Å². The van der Waals surface area contributed by atoms with Gasteiger partial charge in [0, 0.05) is 21.0 Å². The predicted molar refractivity (Wildman–Crippen MR) is 187 cm³/mol. The van der Waals surface area contributed by atoms with E-state index in [-0.39, 0.29) is 29.2 Å². The number of fused-ring (bicyclic) bond motifs is 2. The minimum atomic E-state index is -0.836. The topological polar surface area (TPSA) is 81.0 Å². The van der Waals surface area contributed by atoms with Crippen molar-refractivity contribution in [3.05, 3.63) is 156 Å². The Balaban J connectivity index is 1.50. The number of ether oxygens (including phenoxy) is 1. The molecule has 7 nitrogen and oxygen atoms in total. The monoisotopic (exact) mass is 677 g/mol. The first-order chi connectivity index (χ1) is 22.9. The molecule has 5 aromatic rings. The first-order valence-electron chi connectivity index (χ1n) is 15.0. The lowest BCUT2D eigenvalue weighted by molar-refractivity contribution is -0.138. The third kappa shape index (κ3) is 5.44. The second kappa shape index (κ2) is 12.8. The minimum Gasteiger partial charge on any atom is -0.463 e. The number of esters is 1. The van der Waals surface area contributed by atoms with E-state index in [0.29, 0.717) is 32.3 Å². The largest absolute Gasteiger partial charge is 0.463 e. The number of hydrogen-bond donors (Lipinski definition) is 0. The van der Waals surface area contributed by atoms with Crippen LogP contribution >= 0.6 is 34.7 Å². The molecule has 4 aromatic carbocycles. The molecule has 0 unspecified atom stereocenters. The molecular weight excluding hydrogens is 650 g/mol. The summed E-state index contributed by atoms with van der Waals surface area (Å²) in [6, 6.07) is 31.2. The summed E-state index contributed by atoms with van der Waals surface area (Å²) in [7, 11) is 0. The first kappa shape index (κ1) is 30.9. The fourth-order valence-corrected chi connectivity index (χ4v) is 7.74. The van der Waals surface area contributed by atoms with E-state index in [1.54, 1.807) is 29.7 Å². The van der Waals surface area contributed by atoms with Crippen molar-refractivity contribution in [3.8, 4) is 0 Å². The van der Waals surface area contributed by atoms with Crippen molar-refractivity contribution in [2.75, 3.05) is 17.8 Å². The van der Waals surface area contributed by atoms with E-state index >= 15 is 0 Å². The van der Waals surface area contributed by atoms with Gasteiger partial charge < -0.3 is 9.64 Å². The van der Waals surface area contributed by atoms with Gasteiger partial charge in [-0.2, -0.15) is 0 Å². The fraction of sp³-hybridized carbons (Fsp3) is 0.135. The highest BCUT2D eigenvalue weighted by molar-refractivity contribution is 7.98. The summed E-state index contributed by atoms with van der Waals surface area (Å²) in [5.74, 6) is -0.856. The molecule has 0 saturated carbocycles. The second-order valence-corrected chi connectivity index (χ2v) is 13.2. The Morgan fingerprint density at radius 2 is 1.64 bits per heavy atom. The van der Waals surface area contributed by atoms with Gasteiger partial charge in [-0.05, 0) is 48.6 Å². The summed E-state index contributed by atoms with van der Waals surface area (Å²) in [6.45, 7) is 2.15. The predicted octanol–water partition coefficient (Wildman–Crippen LogP) is 6.23. The van der Waals surface area contributed by atoms with Gasteiger partial charge in [-0.1, -0.05) is 102 Å². The molecule has 47 heavy (non-hydrogen) atoms. The molecule has 10 heteroatoms. The van der Waals surface area contributed by atoms with Gasteiger partial charge in [0.2, 0.25) is 0 Å². The van der Waals surface area contributed by atoms with Crippen molar-refractivity contribution >= 4 is 63.5 Å². The van der Waals surface area contributed by atoms with Crippen molar-refractivity contribution in [1.82, 2.24) is 4.57 Å². The number of thiazole rings is 1. The first-order valence-corrected chi connectivity index (χ1v) is 17.4. The summed E-state index contributed by atoms with van der Waals surface area (Å²) in [5, 5.41) is 0.554. The van der Waals surface area contributed by atoms with E-state index in [4.69, 9.17) is 21.3 Å². The van der Waals surface area contributed by atoms with Gasteiger partial charge in [0.05, 0.1) is 41.7 Å². The Kier molecular flexibility index (Phi) is 8.44. The van der Waals surface area contributed by atoms with Gasteiger partial charge in [-0.15, -0.1) is 11.8 Å². The Bertz CT molecular complexity index is 2260. The third-order valence-electron chi connectivity index (χ3n) is 8.22. The van der Waals surface area contributed by atoms with E-state index in [2.05, 4.69) is 0 Å². The normalized spacial score (nSPS) is 16.5. The number of benzene rings is 4. The molecule has 7 rings (SSSR count). The Morgan fingerprint density at radius 1 is 0.936 bits per heavy atom. The SMILES string of the molecule is CCOC(=O)C1=C(c2ccccc2)N=c2s/c(=C3/C(=O)N(Cc4ccccc4Cl)c4ccccc43)c(=O)n2[C@@H]1c1ccc(SC)cc1. The molecular formula is C37H28ClN3O4S2. The number of amides is 1. The van der Waals surface area contributed by atoms with Gasteiger partial charge in [-0.3, -0.25) is 14.2 Å². The number of carbonyl (C=O) groups excluding carboxylic acids is 2. The van der Waals surface area contributed by atoms with Gasteiger partial charge in [0.25, 0.3) is 11.5 Å². The van der Waals surface area contributed by atoms with Crippen LogP contribution in [0.5, 0.6) is 0 Å². The van der Waals surface area contributed by atoms with E-state index in [9.17, 15) is 14.4 Å². The molecule has 0 fully saturated rings. The van der Waals surface area contributed by atoms with Crippen molar-refractivity contribution < 1.29 is 14.3 Å². The summed E-state index contributed by atoms with van der Waals surface area (Å²) < 4.78 is 7.38. The van der Waals surface area contributed by atoms with Crippen LogP contribution in [-0.2, 0) is 20.9 Å². The van der Waals surface area contributed by atoms with Crippen molar-refractivity contribution in [3.63, 3.8) is 0 Å². The molecule has 1 amide bonds. The quantitative estimate of drug-likeness (QED) is 0.151. The number of anilines is 1. The van der Waals surface area contributed by atoms with Crippen LogP contribution in [0.4, 0.5) is 5.69 Å². The van der Waals surface area contributed by atoms with Gasteiger partial charge >= 0.3 is 5.97 Å². The van der Waals surface area contributed by atoms with E-state index in [1.807, 2.05) is 103 Å². The second-order valence-electron chi connectivity index (χ2n) is 10.9. The number of aromatic nitrogens is 1. The highest BCUT2D eigenvalue weighted by Crippen LogP contribution is 2.38. The van der Waals surface area contributed by atoms with Crippen molar-refractivity contribution in [2.45, 2.75) is 24.4 Å². The summed E-state index contributed by atoms with van der Waals surface area (Å²) in [5.41, 5.74) is 4.18. The highest BCUT2D eigenvalue weighted by atomic mass is 35.5. The summed E-state index contributed by atoms with van der Waals surface area (Å²) >= 11 is 9.24. The number of hydrogen-bond acceptors (Lipinski definition) is 7. The maximum atomic E-state index is 14.7.